The molecule has 1 fully saturated rings. The van der Waals surface area contributed by atoms with Crippen molar-refractivity contribution in [1.29, 1.82) is 0 Å². The Kier molecular flexibility index (Phi) is 5.66. The number of hydrogen-bond acceptors (Lipinski definition) is 6. The summed E-state index contributed by atoms with van der Waals surface area (Å²) in [6.07, 6.45) is 10.1. The van der Waals surface area contributed by atoms with Gasteiger partial charge in [0.15, 0.2) is 3.92 Å². The fourth-order valence-electron chi connectivity index (χ4n) is 3.57. The van der Waals surface area contributed by atoms with E-state index in [0.717, 1.165) is 41.9 Å². The third-order valence-electron chi connectivity index (χ3n) is 4.96. The number of imidazole rings is 1. The Morgan fingerprint density at radius 1 is 1.23 bits per heavy atom. The molecule has 1 saturated carbocycles. The topological polar surface area (TPSA) is 74.5 Å². The molecular weight excluding hydrogens is 414 g/mol. The zero-order chi connectivity index (χ0) is 17.9. The SMILES string of the molecule is OC1C[C@@H](NCc2cccn3ccnc23)CC[C@@H]1NCc1cnc(Br)s1. The molecule has 3 atom stereocenters. The van der Waals surface area contributed by atoms with Crippen molar-refractivity contribution in [3.05, 3.63) is 51.3 Å². The lowest BCUT2D eigenvalue weighted by Crippen LogP contribution is -2.48. The smallest absolute Gasteiger partial charge is 0.159 e. The van der Waals surface area contributed by atoms with E-state index >= 15 is 0 Å². The van der Waals surface area contributed by atoms with Crippen LogP contribution in [0.25, 0.3) is 5.65 Å². The number of aliphatic hydroxyl groups excluding tert-OH is 1. The van der Waals surface area contributed by atoms with Crippen molar-refractivity contribution in [2.24, 2.45) is 0 Å². The number of thiazole rings is 1. The molecule has 0 saturated heterocycles. The van der Waals surface area contributed by atoms with Crippen LogP contribution in [0, 0.1) is 0 Å². The molecular formula is C18H22BrN5OS. The van der Waals surface area contributed by atoms with E-state index in [1.54, 1.807) is 11.3 Å². The van der Waals surface area contributed by atoms with Crippen LogP contribution < -0.4 is 10.6 Å². The molecule has 6 nitrogen and oxygen atoms in total. The highest BCUT2D eigenvalue weighted by molar-refractivity contribution is 9.11. The van der Waals surface area contributed by atoms with Crippen LogP contribution in [0.3, 0.4) is 0 Å². The first-order valence-corrected chi connectivity index (χ1v) is 10.5. The van der Waals surface area contributed by atoms with Crippen LogP contribution in [-0.2, 0) is 13.1 Å². The van der Waals surface area contributed by atoms with E-state index in [1.165, 1.54) is 10.4 Å². The van der Waals surface area contributed by atoms with Gasteiger partial charge in [0.1, 0.15) is 5.65 Å². The van der Waals surface area contributed by atoms with Crippen molar-refractivity contribution in [2.75, 3.05) is 0 Å². The highest BCUT2D eigenvalue weighted by Crippen LogP contribution is 2.22. The quantitative estimate of drug-likeness (QED) is 0.554. The minimum absolute atomic E-state index is 0.143. The van der Waals surface area contributed by atoms with Crippen molar-refractivity contribution >= 4 is 32.9 Å². The van der Waals surface area contributed by atoms with Crippen LogP contribution in [0.4, 0.5) is 0 Å². The van der Waals surface area contributed by atoms with Crippen molar-refractivity contribution in [3.63, 3.8) is 0 Å². The molecule has 0 radical (unpaired) electrons. The third kappa shape index (κ3) is 4.15. The molecule has 3 heterocycles. The molecule has 26 heavy (non-hydrogen) atoms. The van der Waals surface area contributed by atoms with Gasteiger partial charge < -0.3 is 20.1 Å². The van der Waals surface area contributed by atoms with E-state index < -0.39 is 0 Å². The average molecular weight is 436 g/mol. The molecule has 3 aromatic heterocycles. The van der Waals surface area contributed by atoms with Gasteiger partial charge in [-0.25, -0.2) is 9.97 Å². The Bertz CT molecular complexity index is 866. The summed E-state index contributed by atoms with van der Waals surface area (Å²) in [6, 6.07) is 4.62. The molecule has 1 unspecified atom stereocenters. The number of fused-ring (bicyclic) bond motifs is 1. The number of hydrogen-bond donors (Lipinski definition) is 3. The van der Waals surface area contributed by atoms with E-state index in [2.05, 4.69) is 42.6 Å². The second-order valence-electron chi connectivity index (χ2n) is 6.72. The molecule has 4 rings (SSSR count). The number of halogens is 1. The van der Waals surface area contributed by atoms with Gasteiger partial charge in [0, 0.05) is 60.4 Å². The number of pyridine rings is 1. The molecule has 138 valence electrons. The first-order chi connectivity index (χ1) is 12.7. The summed E-state index contributed by atoms with van der Waals surface area (Å²) in [7, 11) is 0. The molecule has 0 aromatic carbocycles. The van der Waals surface area contributed by atoms with Gasteiger partial charge in [-0.1, -0.05) is 6.07 Å². The Labute approximate surface area is 164 Å². The standard InChI is InChI=1S/C18H22BrN5OS/c19-18-23-11-14(26-18)10-22-15-4-3-13(8-16(15)25)21-9-12-2-1-6-24-7-5-20-17(12)24/h1-2,5-7,11,13,15-16,21-22,25H,3-4,8-10H2/t13-,15-,16?/m0/s1. The molecule has 0 aliphatic heterocycles. The van der Waals surface area contributed by atoms with Crippen LogP contribution >= 0.6 is 27.3 Å². The maximum absolute atomic E-state index is 10.5. The monoisotopic (exact) mass is 435 g/mol. The van der Waals surface area contributed by atoms with Crippen LogP contribution in [0.15, 0.2) is 40.8 Å². The van der Waals surface area contributed by atoms with Crippen LogP contribution in [0.1, 0.15) is 29.7 Å². The van der Waals surface area contributed by atoms with Crippen molar-refractivity contribution in [2.45, 2.75) is 50.5 Å². The van der Waals surface area contributed by atoms with Gasteiger partial charge >= 0.3 is 0 Å². The number of aliphatic hydroxyl groups is 1. The normalized spacial score (nSPS) is 23.5. The lowest BCUT2D eigenvalue weighted by atomic mass is 9.88. The fourth-order valence-corrected chi connectivity index (χ4v) is 4.88. The Balaban J connectivity index is 1.27. The van der Waals surface area contributed by atoms with E-state index in [9.17, 15) is 5.11 Å². The number of nitrogens with zero attached hydrogens (tertiary/aromatic N) is 3. The van der Waals surface area contributed by atoms with Gasteiger partial charge in [0.05, 0.1) is 6.10 Å². The number of nitrogens with one attached hydrogen (secondary N) is 2. The molecule has 0 spiro atoms. The Hall–Kier alpha value is -1.32. The predicted octanol–water partition coefficient (Wildman–Crippen LogP) is 2.71. The molecule has 1 aliphatic carbocycles. The lowest BCUT2D eigenvalue weighted by Gasteiger charge is -2.34. The fraction of sp³-hybridized carbons (Fsp3) is 0.444. The number of rotatable bonds is 6. The maximum atomic E-state index is 10.5. The summed E-state index contributed by atoms with van der Waals surface area (Å²) in [5.74, 6) is 0. The summed E-state index contributed by atoms with van der Waals surface area (Å²) in [4.78, 5) is 9.80. The second kappa shape index (κ2) is 8.14. The summed E-state index contributed by atoms with van der Waals surface area (Å²) in [5, 5.41) is 17.6. The van der Waals surface area contributed by atoms with Crippen LogP contribution in [-0.4, -0.2) is 37.7 Å². The Morgan fingerprint density at radius 3 is 2.96 bits per heavy atom. The third-order valence-corrected chi connectivity index (χ3v) is 6.44. The molecule has 3 aromatic rings. The van der Waals surface area contributed by atoms with Gasteiger partial charge in [-0.2, -0.15) is 0 Å². The van der Waals surface area contributed by atoms with E-state index in [-0.39, 0.29) is 12.1 Å². The Morgan fingerprint density at radius 2 is 2.15 bits per heavy atom. The first kappa shape index (κ1) is 18.1. The van der Waals surface area contributed by atoms with Crippen molar-refractivity contribution < 1.29 is 5.11 Å². The van der Waals surface area contributed by atoms with Gasteiger partial charge in [0.25, 0.3) is 0 Å². The lowest BCUT2D eigenvalue weighted by molar-refractivity contribution is 0.0743. The van der Waals surface area contributed by atoms with Gasteiger partial charge in [-0.05, 0) is 41.3 Å². The average Bonchev–Trinajstić information content (AvgIpc) is 3.28. The largest absolute Gasteiger partial charge is 0.391 e. The van der Waals surface area contributed by atoms with Crippen LogP contribution in [0.2, 0.25) is 0 Å². The summed E-state index contributed by atoms with van der Waals surface area (Å²) in [6.45, 7) is 1.52. The zero-order valence-electron chi connectivity index (χ0n) is 14.3. The summed E-state index contributed by atoms with van der Waals surface area (Å²) >= 11 is 5.01. The maximum Gasteiger partial charge on any atom is 0.159 e. The van der Waals surface area contributed by atoms with Gasteiger partial charge in [0.2, 0.25) is 0 Å². The highest BCUT2D eigenvalue weighted by Gasteiger charge is 2.28. The minimum atomic E-state index is -0.333. The van der Waals surface area contributed by atoms with Gasteiger partial charge in [-0.15, -0.1) is 11.3 Å². The van der Waals surface area contributed by atoms with Crippen LogP contribution in [0.5, 0.6) is 0 Å². The van der Waals surface area contributed by atoms with E-state index in [4.69, 9.17) is 0 Å². The number of aromatic nitrogens is 3. The molecule has 3 N–H and O–H groups in total. The summed E-state index contributed by atoms with van der Waals surface area (Å²) in [5.41, 5.74) is 2.18. The highest BCUT2D eigenvalue weighted by atomic mass is 79.9. The van der Waals surface area contributed by atoms with Gasteiger partial charge in [-0.3, -0.25) is 0 Å². The predicted molar refractivity (Wildman–Crippen MR) is 106 cm³/mol. The van der Waals surface area contributed by atoms with Crippen molar-refractivity contribution in [3.8, 4) is 0 Å². The molecule has 1 aliphatic rings. The zero-order valence-corrected chi connectivity index (χ0v) is 16.7. The van der Waals surface area contributed by atoms with E-state index in [1.807, 2.05) is 35.3 Å². The summed E-state index contributed by atoms with van der Waals surface area (Å²) < 4.78 is 2.93. The van der Waals surface area contributed by atoms with Crippen molar-refractivity contribution in [1.82, 2.24) is 25.0 Å². The van der Waals surface area contributed by atoms with E-state index in [0.29, 0.717) is 6.04 Å². The molecule has 0 amide bonds. The molecule has 0 bridgehead atoms. The minimum Gasteiger partial charge on any atom is -0.391 e. The second-order valence-corrected chi connectivity index (χ2v) is 9.11. The molecule has 8 heteroatoms. The first-order valence-electron chi connectivity index (χ1n) is 8.84.